The Balaban J connectivity index is 1.39. The van der Waals surface area contributed by atoms with Crippen LogP contribution in [0.4, 0.5) is 15.8 Å². The molecule has 0 bridgehead atoms. The molecule has 2 aliphatic heterocycles. The van der Waals surface area contributed by atoms with Gasteiger partial charge in [0, 0.05) is 45.8 Å². The number of anilines is 2. The molecule has 2 fully saturated rings. The molecule has 2 aliphatic rings. The van der Waals surface area contributed by atoms with Gasteiger partial charge in [0.05, 0.1) is 31.1 Å². The van der Waals surface area contributed by atoms with Gasteiger partial charge in [0.2, 0.25) is 0 Å². The van der Waals surface area contributed by atoms with E-state index >= 15 is 0 Å². The number of nitrogens with zero attached hydrogens (tertiary/aromatic N) is 4. The van der Waals surface area contributed by atoms with Crippen LogP contribution in [0.2, 0.25) is 0 Å². The lowest BCUT2D eigenvalue weighted by Crippen LogP contribution is -2.52. The highest BCUT2D eigenvalue weighted by Crippen LogP contribution is 2.27. The van der Waals surface area contributed by atoms with E-state index in [-0.39, 0.29) is 5.82 Å². The fourth-order valence-electron chi connectivity index (χ4n) is 4.19. The van der Waals surface area contributed by atoms with E-state index in [1.807, 2.05) is 42.2 Å². The second-order valence-electron chi connectivity index (χ2n) is 8.02. The van der Waals surface area contributed by atoms with Crippen LogP contribution < -0.4 is 15.1 Å². The zero-order valence-corrected chi connectivity index (χ0v) is 18.6. The molecule has 0 saturated carbocycles. The quantitative estimate of drug-likeness (QED) is 0.550. The van der Waals surface area contributed by atoms with Crippen LogP contribution in [-0.2, 0) is 11.3 Å². The number of nitrogens with one attached hydrogen (secondary N) is 1. The van der Waals surface area contributed by atoms with Gasteiger partial charge in [-0.15, -0.1) is 0 Å². The van der Waals surface area contributed by atoms with Gasteiger partial charge in [0.15, 0.2) is 5.96 Å². The molecule has 2 aromatic carbocycles. The first-order valence-corrected chi connectivity index (χ1v) is 11.3. The monoisotopic (exact) mass is 441 g/mol. The predicted octanol–water partition coefficient (Wildman–Crippen LogP) is 2.66. The number of morpholine rings is 1. The summed E-state index contributed by atoms with van der Waals surface area (Å²) in [5, 5.41) is 13.5. The molecule has 2 heterocycles. The molecule has 0 radical (unpaired) electrons. The molecule has 0 unspecified atom stereocenters. The summed E-state index contributed by atoms with van der Waals surface area (Å²) >= 11 is 0. The van der Waals surface area contributed by atoms with Crippen molar-refractivity contribution in [2.24, 2.45) is 4.99 Å². The van der Waals surface area contributed by atoms with Crippen molar-refractivity contribution in [1.29, 1.82) is 0 Å². The Morgan fingerprint density at radius 1 is 1.00 bits per heavy atom. The minimum absolute atomic E-state index is 0.208. The molecule has 4 rings (SSSR count). The molecule has 2 aromatic rings. The number of phenolic OH excluding ortho intramolecular Hbond substituents is 1. The number of phenols is 1. The number of benzene rings is 2. The molecule has 2 saturated heterocycles. The van der Waals surface area contributed by atoms with Crippen molar-refractivity contribution in [2.75, 3.05) is 68.8 Å². The second-order valence-corrected chi connectivity index (χ2v) is 8.02. The van der Waals surface area contributed by atoms with Gasteiger partial charge in [0.25, 0.3) is 0 Å². The highest BCUT2D eigenvalue weighted by atomic mass is 19.1. The van der Waals surface area contributed by atoms with Gasteiger partial charge >= 0.3 is 0 Å². The molecule has 0 spiro atoms. The van der Waals surface area contributed by atoms with Gasteiger partial charge in [-0.2, -0.15) is 0 Å². The van der Waals surface area contributed by atoms with E-state index in [1.165, 1.54) is 0 Å². The van der Waals surface area contributed by atoms with Gasteiger partial charge in [-0.1, -0.05) is 18.2 Å². The summed E-state index contributed by atoms with van der Waals surface area (Å²) in [6.45, 7) is 9.11. The third-order valence-electron chi connectivity index (χ3n) is 5.91. The van der Waals surface area contributed by atoms with Crippen LogP contribution in [0.5, 0.6) is 5.75 Å². The van der Waals surface area contributed by atoms with Crippen LogP contribution in [0.25, 0.3) is 0 Å². The van der Waals surface area contributed by atoms with E-state index < -0.39 is 0 Å². The molecule has 0 atom stereocenters. The van der Waals surface area contributed by atoms with E-state index in [0.29, 0.717) is 44.3 Å². The Morgan fingerprint density at radius 3 is 2.41 bits per heavy atom. The molecule has 0 aromatic heterocycles. The molecule has 0 amide bonds. The van der Waals surface area contributed by atoms with Crippen LogP contribution >= 0.6 is 0 Å². The number of halogens is 1. The molecule has 172 valence electrons. The van der Waals surface area contributed by atoms with Crippen molar-refractivity contribution in [3.8, 4) is 5.75 Å². The predicted molar refractivity (Wildman–Crippen MR) is 126 cm³/mol. The first-order valence-electron chi connectivity index (χ1n) is 11.3. The number of hydrogen-bond donors (Lipinski definition) is 2. The third-order valence-corrected chi connectivity index (χ3v) is 5.91. The first kappa shape index (κ1) is 22.2. The van der Waals surface area contributed by atoms with Crippen molar-refractivity contribution < 1.29 is 14.2 Å². The van der Waals surface area contributed by atoms with E-state index in [9.17, 15) is 9.50 Å². The topological polar surface area (TPSA) is 63.6 Å². The van der Waals surface area contributed by atoms with Crippen LogP contribution in [0.15, 0.2) is 47.5 Å². The third kappa shape index (κ3) is 5.24. The normalized spacial score (nSPS) is 17.6. The van der Waals surface area contributed by atoms with E-state index in [4.69, 9.17) is 9.73 Å². The van der Waals surface area contributed by atoms with Crippen molar-refractivity contribution in [1.82, 2.24) is 10.2 Å². The Bertz CT molecular complexity index is 924. The Morgan fingerprint density at radius 2 is 1.72 bits per heavy atom. The molecule has 7 nitrogen and oxygen atoms in total. The Kier molecular flexibility index (Phi) is 7.32. The molecular formula is C24H32FN5O2. The summed E-state index contributed by atoms with van der Waals surface area (Å²) in [4.78, 5) is 11.2. The molecule has 0 aliphatic carbocycles. The zero-order valence-electron chi connectivity index (χ0n) is 18.6. The number of guanidine groups is 1. The number of aliphatic imine (C=N–C) groups is 1. The fourth-order valence-corrected chi connectivity index (χ4v) is 4.19. The summed E-state index contributed by atoms with van der Waals surface area (Å²) in [7, 11) is 0. The van der Waals surface area contributed by atoms with Crippen LogP contribution in [-0.4, -0.2) is 75.0 Å². The molecule has 8 heteroatoms. The van der Waals surface area contributed by atoms with Crippen molar-refractivity contribution in [3.63, 3.8) is 0 Å². The van der Waals surface area contributed by atoms with E-state index in [2.05, 4.69) is 15.1 Å². The molecule has 32 heavy (non-hydrogen) atoms. The summed E-state index contributed by atoms with van der Waals surface area (Å²) in [5.41, 5.74) is 2.35. The Hall–Kier alpha value is -3.00. The smallest absolute Gasteiger partial charge is 0.194 e. The largest absolute Gasteiger partial charge is 0.506 e. The maximum Gasteiger partial charge on any atom is 0.194 e. The highest BCUT2D eigenvalue weighted by Gasteiger charge is 2.21. The minimum atomic E-state index is -0.208. The molecule has 2 N–H and O–H groups in total. The van der Waals surface area contributed by atoms with Crippen LogP contribution in [0.3, 0.4) is 0 Å². The van der Waals surface area contributed by atoms with Crippen molar-refractivity contribution >= 4 is 17.3 Å². The van der Waals surface area contributed by atoms with Gasteiger partial charge in [0.1, 0.15) is 11.6 Å². The summed E-state index contributed by atoms with van der Waals surface area (Å²) < 4.78 is 20.1. The number of rotatable bonds is 5. The van der Waals surface area contributed by atoms with Gasteiger partial charge < -0.3 is 29.9 Å². The SMILES string of the molecule is CCNC(=NCc1ccc(N2CCOCC2)c(F)c1)N1CCN(c2ccccc2O)CC1. The average Bonchev–Trinajstić information content (AvgIpc) is 2.83. The second kappa shape index (κ2) is 10.5. The van der Waals surface area contributed by atoms with Gasteiger partial charge in [-0.3, -0.25) is 0 Å². The van der Waals surface area contributed by atoms with Crippen LogP contribution in [0.1, 0.15) is 12.5 Å². The standard InChI is InChI=1S/C24H32FN5O2/c1-2-26-24(30-11-9-28(10-12-30)22-5-3-4-6-23(22)31)27-18-19-7-8-21(20(25)17-19)29-13-15-32-16-14-29/h3-8,17,31H,2,9-16,18H2,1H3,(H,26,27). The zero-order chi connectivity index (χ0) is 22.3. The summed E-state index contributed by atoms with van der Waals surface area (Å²) in [5.74, 6) is 0.937. The number of para-hydroxylation sites is 2. The van der Waals surface area contributed by atoms with Crippen molar-refractivity contribution in [2.45, 2.75) is 13.5 Å². The first-order chi connectivity index (χ1) is 15.7. The summed E-state index contributed by atoms with van der Waals surface area (Å²) in [6.07, 6.45) is 0. The van der Waals surface area contributed by atoms with Gasteiger partial charge in [-0.25, -0.2) is 9.38 Å². The fraction of sp³-hybridized carbons (Fsp3) is 0.458. The lowest BCUT2D eigenvalue weighted by Gasteiger charge is -2.37. The number of piperazine rings is 1. The number of hydrogen-bond acceptors (Lipinski definition) is 5. The minimum Gasteiger partial charge on any atom is -0.506 e. The average molecular weight is 442 g/mol. The van der Waals surface area contributed by atoms with Crippen LogP contribution in [0, 0.1) is 5.82 Å². The molecular weight excluding hydrogens is 409 g/mol. The van der Waals surface area contributed by atoms with E-state index in [1.54, 1.807) is 12.1 Å². The number of ether oxygens (including phenoxy) is 1. The maximum absolute atomic E-state index is 14.7. The Labute approximate surface area is 189 Å². The van der Waals surface area contributed by atoms with Gasteiger partial charge in [-0.05, 0) is 36.8 Å². The lowest BCUT2D eigenvalue weighted by atomic mass is 10.1. The highest BCUT2D eigenvalue weighted by molar-refractivity contribution is 5.80. The number of aromatic hydroxyl groups is 1. The summed E-state index contributed by atoms with van der Waals surface area (Å²) in [6, 6.07) is 12.8. The van der Waals surface area contributed by atoms with E-state index in [0.717, 1.165) is 49.9 Å². The maximum atomic E-state index is 14.7. The lowest BCUT2D eigenvalue weighted by molar-refractivity contribution is 0.122. The van der Waals surface area contributed by atoms with Crippen molar-refractivity contribution in [3.05, 3.63) is 53.8 Å².